The van der Waals surface area contributed by atoms with Crippen molar-refractivity contribution in [1.29, 1.82) is 0 Å². The summed E-state index contributed by atoms with van der Waals surface area (Å²) in [4.78, 5) is 49.6. The van der Waals surface area contributed by atoms with E-state index in [1.165, 1.54) is 12.2 Å². The average molecular weight is 474 g/mol. The van der Waals surface area contributed by atoms with Crippen LogP contribution in [0.2, 0.25) is 0 Å². The molecule has 1 aromatic carbocycles. The molecule has 3 amide bonds. The molecule has 0 bridgehead atoms. The molecule has 0 aliphatic carbocycles. The number of amides is 3. The number of nitrogens with one attached hydrogen (secondary N) is 3. The molecule has 1 aliphatic heterocycles. The molecule has 1 heterocycles. The number of benzene rings is 1. The van der Waals surface area contributed by atoms with Gasteiger partial charge in [-0.05, 0) is 46.1 Å². The summed E-state index contributed by atoms with van der Waals surface area (Å²) in [5, 5.41) is 8.29. The van der Waals surface area contributed by atoms with Crippen LogP contribution in [0, 0.1) is 5.92 Å². The first kappa shape index (κ1) is 26.9. The van der Waals surface area contributed by atoms with Gasteiger partial charge < -0.3 is 25.4 Å². The van der Waals surface area contributed by atoms with Crippen LogP contribution in [-0.4, -0.2) is 54.7 Å². The van der Waals surface area contributed by atoms with Gasteiger partial charge in [0, 0.05) is 31.0 Å². The summed E-state index contributed by atoms with van der Waals surface area (Å²) < 4.78 is 10.3. The Labute approximate surface area is 200 Å². The molecule has 3 atom stereocenters. The Bertz CT molecular complexity index is 878. The molecule has 0 aromatic heterocycles. The van der Waals surface area contributed by atoms with E-state index in [1.807, 2.05) is 30.3 Å². The molecule has 9 heteroatoms. The van der Waals surface area contributed by atoms with E-state index < -0.39 is 35.7 Å². The molecule has 1 fully saturated rings. The third kappa shape index (κ3) is 9.64. The molecule has 0 saturated carbocycles. The van der Waals surface area contributed by atoms with E-state index in [0.717, 1.165) is 5.56 Å². The van der Waals surface area contributed by atoms with Crippen molar-refractivity contribution in [3.8, 4) is 0 Å². The summed E-state index contributed by atoms with van der Waals surface area (Å²) in [5.74, 6) is -1.36. The smallest absolute Gasteiger partial charge is 0.408 e. The summed E-state index contributed by atoms with van der Waals surface area (Å²) in [5.41, 5.74) is 0.131. The fourth-order valence-electron chi connectivity index (χ4n) is 3.54. The molecular formula is C25H35N3O6. The van der Waals surface area contributed by atoms with Gasteiger partial charge in [-0.15, -0.1) is 0 Å². The van der Waals surface area contributed by atoms with Gasteiger partial charge in [-0.2, -0.15) is 0 Å². The number of carbonyl (C=O) groups is 4. The van der Waals surface area contributed by atoms with Crippen molar-refractivity contribution in [2.75, 3.05) is 13.2 Å². The SMILES string of the molecule is CCOC(=O)/C=C/[C@H](C[C@@H]1CCNC1=O)NC(=O)[C@H](Cc1ccccc1)NC(=O)OC(C)(C)C. The van der Waals surface area contributed by atoms with Gasteiger partial charge in [0.15, 0.2) is 0 Å². The zero-order valence-electron chi connectivity index (χ0n) is 20.3. The molecule has 0 unspecified atom stereocenters. The van der Waals surface area contributed by atoms with Crippen LogP contribution >= 0.6 is 0 Å². The topological polar surface area (TPSA) is 123 Å². The molecule has 1 aromatic rings. The van der Waals surface area contributed by atoms with Gasteiger partial charge in [-0.1, -0.05) is 36.4 Å². The van der Waals surface area contributed by atoms with Crippen molar-refractivity contribution < 1.29 is 28.7 Å². The minimum atomic E-state index is -0.923. The Kier molecular flexibility index (Phi) is 10.1. The Morgan fingerprint density at radius 1 is 1.18 bits per heavy atom. The van der Waals surface area contributed by atoms with Crippen LogP contribution in [-0.2, 0) is 30.3 Å². The fourth-order valence-corrected chi connectivity index (χ4v) is 3.54. The lowest BCUT2D eigenvalue weighted by molar-refractivity contribution is -0.137. The minimum absolute atomic E-state index is 0.0866. The Hall–Kier alpha value is -3.36. The number of rotatable bonds is 10. The highest BCUT2D eigenvalue weighted by atomic mass is 16.6. The van der Waals surface area contributed by atoms with Gasteiger partial charge in [-0.25, -0.2) is 9.59 Å². The number of ether oxygens (including phenoxy) is 2. The largest absolute Gasteiger partial charge is 0.463 e. The van der Waals surface area contributed by atoms with Crippen molar-refractivity contribution in [2.45, 2.75) is 64.6 Å². The normalized spacial score (nSPS) is 17.5. The van der Waals surface area contributed by atoms with Crippen molar-refractivity contribution in [3.05, 3.63) is 48.0 Å². The highest BCUT2D eigenvalue weighted by Crippen LogP contribution is 2.17. The van der Waals surface area contributed by atoms with Crippen molar-refractivity contribution in [3.63, 3.8) is 0 Å². The summed E-state index contributed by atoms with van der Waals surface area (Å²) in [7, 11) is 0. The van der Waals surface area contributed by atoms with E-state index in [0.29, 0.717) is 19.4 Å². The van der Waals surface area contributed by atoms with Crippen LogP contribution in [0.15, 0.2) is 42.5 Å². The molecule has 9 nitrogen and oxygen atoms in total. The molecule has 34 heavy (non-hydrogen) atoms. The average Bonchev–Trinajstić information content (AvgIpc) is 3.15. The van der Waals surface area contributed by atoms with Crippen molar-refractivity contribution >= 4 is 23.9 Å². The van der Waals surface area contributed by atoms with Crippen LogP contribution in [0.4, 0.5) is 4.79 Å². The molecule has 2 rings (SSSR count). The monoisotopic (exact) mass is 473 g/mol. The third-order valence-electron chi connectivity index (χ3n) is 5.07. The lowest BCUT2D eigenvalue weighted by atomic mass is 9.97. The summed E-state index contributed by atoms with van der Waals surface area (Å²) in [6.45, 7) is 7.71. The van der Waals surface area contributed by atoms with Crippen LogP contribution in [0.1, 0.15) is 46.1 Å². The maximum atomic E-state index is 13.3. The molecule has 186 valence electrons. The summed E-state index contributed by atoms with van der Waals surface area (Å²) >= 11 is 0. The highest BCUT2D eigenvalue weighted by Gasteiger charge is 2.30. The van der Waals surface area contributed by atoms with Gasteiger partial charge >= 0.3 is 12.1 Å². The second-order valence-electron chi connectivity index (χ2n) is 9.13. The zero-order chi connectivity index (χ0) is 25.1. The standard InChI is InChI=1S/C25H35N3O6/c1-5-33-21(29)12-11-19(16-18-13-14-26-22(18)30)27-23(31)20(15-17-9-7-6-8-10-17)28-24(32)34-25(2,3)4/h6-12,18-20H,5,13-16H2,1-4H3,(H,26,30)(H,27,31)(H,28,32)/b12-11+/t18-,19+,20-/m0/s1. The van der Waals surface area contributed by atoms with Crippen molar-refractivity contribution in [2.24, 2.45) is 5.92 Å². The molecule has 0 radical (unpaired) electrons. The first-order chi connectivity index (χ1) is 16.1. The van der Waals surface area contributed by atoms with E-state index in [2.05, 4.69) is 16.0 Å². The molecule has 0 spiro atoms. The van der Waals surface area contributed by atoms with E-state index >= 15 is 0 Å². The lowest BCUT2D eigenvalue weighted by Gasteiger charge is -2.25. The molecule has 1 saturated heterocycles. The minimum Gasteiger partial charge on any atom is -0.463 e. The van der Waals surface area contributed by atoms with Crippen LogP contribution in [0.25, 0.3) is 0 Å². The predicted molar refractivity (Wildman–Crippen MR) is 127 cm³/mol. The van der Waals surface area contributed by atoms with Gasteiger partial charge in [0.25, 0.3) is 0 Å². The predicted octanol–water partition coefficient (Wildman–Crippen LogP) is 2.25. The summed E-state index contributed by atoms with van der Waals surface area (Å²) in [6.07, 6.45) is 3.26. The third-order valence-corrected chi connectivity index (χ3v) is 5.07. The lowest BCUT2D eigenvalue weighted by Crippen LogP contribution is -2.51. The van der Waals surface area contributed by atoms with Gasteiger partial charge in [-0.3, -0.25) is 9.59 Å². The number of hydrogen-bond donors (Lipinski definition) is 3. The van der Waals surface area contributed by atoms with Crippen LogP contribution in [0.3, 0.4) is 0 Å². The highest BCUT2D eigenvalue weighted by molar-refractivity contribution is 5.87. The number of hydrogen-bond acceptors (Lipinski definition) is 6. The molecular weight excluding hydrogens is 438 g/mol. The van der Waals surface area contributed by atoms with E-state index in [4.69, 9.17) is 9.47 Å². The first-order valence-corrected chi connectivity index (χ1v) is 11.5. The fraction of sp³-hybridized carbons (Fsp3) is 0.520. The molecule has 3 N–H and O–H groups in total. The zero-order valence-corrected chi connectivity index (χ0v) is 20.3. The Morgan fingerprint density at radius 3 is 2.47 bits per heavy atom. The van der Waals surface area contributed by atoms with E-state index in [1.54, 1.807) is 27.7 Å². The Balaban J connectivity index is 2.18. The maximum absolute atomic E-state index is 13.3. The number of carbonyl (C=O) groups excluding carboxylic acids is 4. The first-order valence-electron chi connectivity index (χ1n) is 11.5. The van der Waals surface area contributed by atoms with E-state index in [9.17, 15) is 19.2 Å². The van der Waals surface area contributed by atoms with Gasteiger partial charge in [0.1, 0.15) is 11.6 Å². The molecule has 1 aliphatic rings. The van der Waals surface area contributed by atoms with Crippen molar-refractivity contribution in [1.82, 2.24) is 16.0 Å². The number of esters is 1. The Morgan fingerprint density at radius 2 is 1.88 bits per heavy atom. The quantitative estimate of drug-likeness (QED) is 0.354. The summed E-state index contributed by atoms with van der Waals surface area (Å²) in [6, 6.07) is 7.75. The van der Waals surface area contributed by atoms with Crippen LogP contribution < -0.4 is 16.0 Å². The van der Waals surface area contributed by atoms with Crippen LogP contribution in [0.5, 0.6) is 0 Å². The maximum Gasteiger partial charge on any atom is 0.408 e. The van der Waals surface area contributed by atoms with Gasteiger partial charge in [0.2, 0.25) is 11.8 Å². The second-order valence-corrected chi connectivity index (χ2v) is 9.13. The second kappa shape index (κ2) is 12.8. The van der Waals surface area contributed by atoms with E-state index in [-0.39, 0.29) is 24.9 Å². The number of alkyl carbamates (subject to hydrolysis) is 1. The van der Waals surface area contributed by atoms with Gasteiger partial charge in [0.05, 0.1) is 6.61 Å².